The first kappa shape index (κ1) is 20.6. The van der Waals surface area contributed by atoms with E-state index in [1.807, 2.05) is 18.2 Å². The maximum absolute atomic E-state index is 12.7. The lowest BCUT2D eigenvalue weighted by molar-refractivity contribution is 0.0938. The number of aliphatic hydroxyl groups excluding tert-OH is 2. The number of anilines is 1. The topological polar surface area (TPSA) is 124 Å². The summed E-state index contributed by atoms with van der Waals surface area (Å²) in [4.78, 5) is 29.3. The monoisotopic (exact) mass is 403 g/mol. The highest BCUT2D eigenvalue weighted by Crippen LogP contribution is 2.17. The second-order valence-corrected chi connectivity index (χ2v) is 6.93. The summed E-state index contributed by atoms with van der Waals surface area (Å²) in [6, 6.07) is 9.07. The van der Waals surface area contributed by atoms with Gasteiger partial charge in [-0.1, -0.05) is 18.2 Å². The number of para-hydroxylation sites is 1. The van der Waals surface area contributed by atoms with Crippen molar-refractivity contribution in [3.63, 3.8) is 0 Å². The summed E-state index contributed by atoms with van der Waals surface area (Å²) in [6.07, 6.45) is -1.59. The Kier molecular flexibility index (Phi) is 6.04. The maximum Gasteiger partial charge on any atom is 0.332 e. The molecule has 10 nitrogen and oxygen atoms in total. The molecule has 0 saturated heterocycles. The molecule has 0 spiro atoms. The molecule has 10 heteroatoms. The van der Waals surface area contributed by atoms with Crippen LogP contribution in [-0.2, 0) is 20.6 Å². The van der Waals surface area contributed by atoms with Gasteiger partial charge in [0.25, 0.3) is 5.56 Å². The third-order valence-corrected chi connectivity index (χ3v) is 4.48. The number of fused-ring (bicyclic) bond motifs is 1. The largest absolute Gasteiger partial charge is 0.491 e. The SMILES string of the molecule is C[C@H](O)CNc1nc2c(c(=O)n(C)c(=O)n2C)n1C[C@@H](O)COc1ccccc1. The van der Waals surface area contributed by atoms with E-state index in [4.69, 9.17) is 4.74 Å². The molecule has 2 heterocycles. The summed E-state index contributed by atoms with van der Waals surface area (Å²) in [7, 11) is 2.91. The highest BCUT2D eigenvalue weighted by molar-refractivity contribution is 5.74. The van der Waals surface area contributed by atoms with Crippen LogP contribution >= 0.6 is 0 Å². The van der Waals surface area contributed by atoms with Gasteiger partial charge in [0.05, 0.1) is 12.6 Å². The summed E-state index contributed by atoms with van der Waals surface area (Å²) in [5, 5.41) is 23.0. The zero-order valence-electron chi connectivity index (χ0n) is 16.6. The molecule has 0 amide bonds. The van der Waals surface area contributed by atoms with Gasteiger partial charge in [0.2, 0.25) is 5.95 Å². The number of benzene rings is 1. The van der Waals surface area contributed by atoms with Crippen molar-refractivity contribution in [3.05, 3.63) is 51.2 Å². The van der Waals surface area contributed by atoms with Crippen LogP contribution in [0, 0.1) is 0 Å². The molecule has 0 aliphatic heterocycles. The number of rotatable bonds is 8. The van der Waals surface area contributed by atoms with Gasteiger partial charge >= 0.3 is 5.69 Å². The summed E-state index contributed by atoms with van der Waals surface area (Å²) < 4.78 is 9.36. The lowest BCUT2D eigenvalue weighted by Crippen LogP contribution is -2.38. The van der Waals surface area contributed by atoms with Crippen molar-refractivity contribution >= 4 is 17.1 Å². The molecule has 0 bridgehead atoms. The first-order valence-electron chi connectivity index (χ1n) is 9.23. The molecule has 3 rings (SSSR count). The maximum atomic E-state index is 12.7. The highest BCUT2D eigenvalue weighted by atomic mass is 16.5. The van der Waals surface area contributed by atoms with Crippen molar-refractivity contribution in [2.45, 2.75) is 25.7 Å². The summed E-state index contributed by atoms with van der Waals surface area (Å²) in [6.45, 7) is 1.82. The first-order valence-corrected chi connectivity index (χ1v) is 9.23. The Morgan fingerprint density at radius 1 is 1.14 bits per heavy atom. The van der Waals surface area contributed by atoms with E-state index in [9.17, 15) is 19.8 Å². The van der Waals surface area contributed by atoms with Gasteiger partial charge in [-0.2, -0.15) is 4.98 Å². The molecule has 29 heavy (non-hydrogen) atoms. The van der Waals surface area contributed by atoms with Gasteiger partial charge < -0.3 is 24.8 Å². The van der Waals surface area contributed by atoms with E-state index in [2.05, 4.69) is 10.3 Å². The minimum Gasteiger partial charge on any atom is -0.491 e. The molecule has 0 fully saturated rings. The van der Waals surface area contributed by atoms with Gasteiger partial charge in [-0.05, 0) is 19.1 Å². The van der Waals surface area contributed by atoms with E-state index in [1.54, 1.807) is 19.1 Å². The third kappa shape index (κ3) is 4.33. The summed E-state index contributed by atoms with van der Waals surface area (Å²) in [5.74, 6) is 0.894. The zero-order chi connectivity index (χ0) is 21.1. The molecule has 2 atom stereocenters. The van der Waals surface area contributed by atoms with Crippen molar-refractivity contribution in [1.29, 1.82) is 0 Å². The predicted molar refractivity (Wildman–Crippen MR) is 108 cm³/mol. The van der Waals surface area contributed by atoms with E-state index in [1.165, 1.54) is 23.2 Å². The molecule has 0 aliphatic carbocycles. The Labute approximate surface area is 166 Å². The molecule has 3 N–H and O–H groups in total. The van der Waals surface area contributed by atoms with Crippen molar-refractivity contribution in [3.8, 4) is 5.75 Å². The van der Waals surface area contributed by atoms with Gasteiger partial charge in [0.1, 0.15) is 18.5 Å². The van der Waals surface area contributed by atoms with Crippen LogP contribution in [0.4, 0.5) is 5.95 Å². The lowest BCUT2D eigenvalue weighted by atomic mass is 10.3. The number of aromatic nitrogens is 4. The Bertz CT molecular complexity index is 1100. The quantitative estimate of drug-likeness (QED) is 0.470. The van der Waals surface area contributed by atoms with Crippen LogP contribution in [0.25, 0.3) is 11.2 Å². The van der Waals surface area contributed by atoms with Crippen LogP contribution in [0.1, 0.15) is 6.92 Å². The molecule has 0 aliphatic rings. The van der Waals surface area contributed by atoms with Crippen molar-refractivity contribution in [2.75, 3.05) is 18.5 Å². The van der Waals surface area contributed by atoms with Gasteiger partial charge in [0.15, 0.2) is 11.2 Å². The second-order valence-electron chi connectivity index (χ2n) is 6.93. The molecule has 0 radical (unpaired) electrons. The number of aliphatic hydroxyl groups is 2. The number of nitrogens with one attached hydrogen (secondary N) is 1. The van der Waals surface area contributed by atoms with Crippen LogP contribution < -0.4 is 21.3 Å². The Morgan fingerprint density at radius 3 is 2.48 bits per heavy atom. The number of ether oxygens (including phenoxy) is 1. The van der Waals surface area contributed by atoms with Crippen LogP contribution in [0.15, 0.2) is 39.9 Å². The highest BCUT2D eigenvalue weighted by Gasteiger charge is 2.21. The number of nitrogens with zero attached hydrogens (tertiary/aromatic N) is 4. The molecule has 2 aromatic heterocycles. The molecular weight excluding hydrogens is 378 g/mol. The fourth-order valence-corrected chi connectivity index (χ4v) is 2.97. The van der Waals surface area contributed by atoms with Crippen LogP contribution in [0.5, 0.6) is 5.75 Å². The van der Waals surface area contributed by atoms with E-state index in [-0.39, 0.29) is 36.8 Å². The van der Waals surface area contributed by atoms with Gasteiger partial charge in [-0.15, -0.1) is 0 Å². The minimum atomic E-state index is -0.943. The Hall–Kier alpha value is -3.11. The van der Waals surface area contributed by atoms with Crippen molar-refractivity contribution in [2.24, 2.45) is 14.1 Å². The molecule has 0 unspecified atom stereocenters. The number of hydrogen-bond donors (Lipinski definition) is 3. The average Bonchev–Trinajstić information content (AvgIpc) is 3.06. The van der Waals surface area contributed by atoms with Gasteiger partial charge in [-0.3, -0.25) is 13.9 Å². The zero-order valence-corrected chi connectivity index (χ0v) is 16.6. The van der Waals surface area contributed by atoms with Gasteiger partial charge in [0, 0.05) is 20.6 Å². The first-order chi connectivity index (χ1) is 13.8. The van der Waals surface area contributed by atoms with Crippen LogP contribution in [-0.4, -0.2) is 54.3 Å². The standard InChI is InChI=1S/C19H25N5O5/c1-12(25)9-20-18-21-16-15(17(27)23(3)19(28)22(16)2)24(18)10-13(26)11-29-14-7-5-4-6-8-14/h4-8,12-13,25-26H,9-11H2,1-3H3,(H,20,21)/t12-,13+/m0/s1. The number of imidazole rings is 1. The van der Waals surface area contributed by atoms with E-state index >= 15 is 0 Å². The van der Waals surface area contributed by atoms with E-state index in [0.717, 1.165) is 4.57 Å². The predicted octanol–water partition coefficient (Wildman–Crippen LogP) is -0.334. The minimum absolute atomic E-state index is 0.00556. The number of hydrogen-bond acceptors (Lipinski definition) is 7. The third-order valence-electron chi connectivity index (χ3n) is 4.48. The normalized spacial score (nSPS) is 13.4. The molecule has 156 valence electrons. The second kappa shape index (κ2) is 8.50. The van der Waals surface area contributed by atoms with Crippen molar-refractivity contribution < 1.29 is 14.9 Å². The van der Waals surface area contributed by atoms with Crippen molar-refractivity contribution in [1.82, 2.24) is 18.7 Å². The fraction of sp³-hybridized carbons (Fsp3) is 0.421. The lowest BCUT2D eigenvalue weighted by Gasteiger charge is -2.16. The molecule has 0 saturated carbocycles. The summed E-state index contributed by atoms with van der Waals surface area (Å²) >= 11 is 0. The van der Waals surface area contributed by atoms with Gasteiger partial charge in [-0.25, -0.2) is 4.79 Å². The molecule has 1 aromatic carbocycles. The smallest absolute Gasteiger partial charge is 0.332 e. The molecular formula is C19H25N5O5. The Morgan fingerprint density at radius 2 is 1.83 bits per heavy atom. The summed E-state index contributed by atoms with van der Waals surface area (Å²) in [5.41, 5.74) is -0.636. The van der Waals surface area contributed by atoms with Crippen LogP contribution in [0.3, 0.4) is 0 Å². The van der Waals surface area contributed by atoms with E-state index in [0.29, 0.717) is 5.75 Å². The molecule has 3 aromatic rings. The Balaban J connectivity index is 1.96. The fourth-order valence-electron chi connectivity index (χ4n) is 2.97. The number of aryl methyl sites for hydroxylation is 1. The average molecular weight is 403 g/mol. The van der Waals surface area contributed by atoms with E-state index < -0.39 is 23.5 Å². The van der Waals surface area contributed by atoms with Crippen LogP contribution in [0.2, 0.25) is 0 Å².